The molecule has 1 aromatic rings. The van der Waals surface area contributed by atoms with Crippen LogP contribution < -0.4 is 5.32 Å². The molecule has 0 aliphatic carbocycles. The van der Waals surface area contributed by atoms with Crippen LogP contribution in [0.25, 0.3) is 0 Å². The van der Waals surface area contributed by atoms with Gasteiger partial charge in [0.05, 0.1) is 12.6 Å². The van der Waals surface area contributed by atoms with E-state index < -0.39 is 5.97 Å². The minimum absolute atomic E-state index is 0.0637. The summed E-state index contributed by atoms with van der Waals surface area (Å²) in [4.78, 5) is 22.6. The number of carbonyl (C=O) groups excluding carboxylic acids is 1. The molecule has 1 unspecified atom stereocenters. The number of carboxylic acid groups (broad SMARTS) is 1. The zero-order chi connectivity index (χ0) is 12.0. The standard InChI is InChI=1S/C9H13N3O3S/c1-2-3-6(4-8(13)14)11-9(15)7-5-10-12-16-7/h5-6H,2-4H2,1H3,(H,11,15)(H,13,14). The van der Waals surface area contributed by atoms with Crippen LogP contribution in [0.15, 0.2) is 6.20 Å². The largest absolute Gasteiger partial charge is 0.481 e. The van der Waals surface area contributed by atoms with E-state index >= 15 is 0 Å². The van der Waals surface area contributed by atoms with Gasteiger partial charge in [0.25, 0.3) is 5.91 Å². The van der Waals surface area contributed by atoms with Gasteiger partial charge in [0.2, 0.25) is 0 Å². The maximum Gasteiger partial charge on any atom is 0.305 e. The third-order valence-corrected chi connectivity index (χ3v) is 2.64. The highest BCUT2D eigenvalue weighted by molar-refractivity contribution is 7.07. The molecule has 0 aliphatic heterocycles. The SMILES string of the molecule is CCCC(CC(=O)O)NC(=O)c1cnns1. The number of nitrogens with one attached hydrogen (secondary N) is 1. The van der Waals surface area contributed by atoms with E-state index in [2.05, 4.69) is 14.9 Å². The second kappa shape index (κ2) is 6.16. The molecule has 88 valence electrons. The van der Waals surface area contributed by atoms with Gasteiger partial charge in [-0.1, -0.05) is 17.8 Å². The minimum atomic E-state index is -0.916. The van der Waals surface area contributed by atoms with E-state index in [0.717, 1.165) is 18.0 Å². The number of rotatable bonds is 6. The smallest absolute Gasteiger partial charge is 0.305 e. The lowest BCUT2D eigenvalue weighted by molar-refractivity contribution is -0.137. The molecule has 1 rings (SSSR count). The van der Waals surface area contributed by atoms with Crippen molar-refractivity contribution in [2.24, 2.45) is 0 Å². The van der Waals surface area contributed by atoms with Crippen LogP contribution in [0, 0.1) is 0 Å². The molecule has 0 saturated carbocycles. The number of nitrogens with zero attached hydrogens (tertiary/aromatic N) is 2. The van der Waals surface area contributed by atoms with Crippen molar-refractivity contribution in [3.05, 3.63) is 11.1 Å². The van der Waals surface area contributed by atoms with E-state index in [4.69, 9.17) is 5.11 Å². The fourth-order valence-corrected chi connectivity index (χ4v) is 1.73. The van der Waals surface area contributed by atoms with Crippen LogP contribution in [0.3, 0.4) is 0 Å². The van der Waals surface area contributed by atoms with Crippen LogP contribution in [-0.2, 0) is 4.79 Å². The third-order valence-electron chi connectivity index (χ3n) is 1.98. The molecule has 0 fully saturated rings. The van der Waals surface area contributed by atoms with Gasteiger partial charge in [0, 0.05) is 6.04 Å². The van der Waals surface area contributed by atoms with E-state index in [9.17, 15) is 9.59 Å². The van der Waals surface area contributed by atoms with Crippen molar-refractivity contribution < 1.29 is 14.7 Å². The Morgan fingerprint density at radius 2 is 2.38 bits per heavy atom. The molecule has 7 heteroatoms. The fraction of sp³-hybridized carbons (Fsp3) is 0.556. The molecule has 0 aromatic carbocycles. The first-order chi connectivity index (χ1) is 7.63. The Bertz CT molecular complexity index is 353. The second-order valence-corrected chi connectivity index (χ2v) is 4.12. The van der Waals surface area contributed by atoms with Crippen molar-refractivity contribution in [3.8, 4) is 0 Å². The Morgan fingerprint density at radius 3 is 2.88 bits per heavy atom. The molecule has 0 spiro atoms. The summed E-state index contributed by atoms with van der Waals surface area (Å²) < 4.78 is 3.57. The van der Waals surface area contributed by atoms with E-state index in [-0.39, 0.29) is 18.4 Å². The molecule has 0 aliphatic rings. The van der Waals surface area contributed by atoms with Crippen LogP contribution in [0.4, 0.5) is 0 Å². The Hall–Kier alpha value is -1.50. The summed E-state index contributed by atoms with van der Waals surface area (Å²) in [6, 6.07) is -0.336. The highest BCUT2D eigenvalue weighted by Crippen LogP contribution is 2.06. The van der Waals surface area contributed by atoms with Crippen molar-refractivity contribution in [2.75, 3.05) is 0 Å². The second-order valence-electron chi connectivity index (χ2n) is 3.34. The Labute approximate surface area is 96.8 Å². The van der Waals surface area contributed by atoms with Crippen LogP contribution in [0.2, 0.25) is 0 Å². The summed E-state index contributed by atoms with van der Waals surface area (Å²) in [5, 5.41) is 14.9. The van der Waals surface area contributed by atoms with Crippen molar-refractivity contribution >= 4 is 23.4 Å². The van der Waals surface area contributed by atoms with Crippen LogP contribution in [0.5, 0.6) is 0 Å². The number of hydrogen-bond acceptors (Lipinski definition) is 5. The van der Waals surface area contributed by atoms with Crippen molar-refractivity contribution in [1.29, 1.82) is 0 Å². The molecule has 2 N–H and O–H groups in total. The van der Waals surface area contributed by atoms with Gasteiger partial charge in [-0.2, -0.15) is 0 Å². The maximum absolute atomic E-state index is 11.6. The quantitative estimate of drug-likeness (QED) is 0.774. The zero-order valence-corrected chi connectivity index (χ0v) is 9.66. The number of hydrogen-bond donors (Lipinski definition) is 2. The monoisotopic (exact) mass is 243 g/mol. The van der Waals surface area contributed by atoms with Gasteiger partial charge in [-0.15, -0.1) is 5.10 Å². The highest BCUT2D eigenvalue weighted by atomic mass is 32.1. The molecule has 0 bridgehead atoms. The number of amides is 1. The van der Waals surface area contributed by atoms with Gasteiger partial charge >= 0.3 is 5.97 Å². The first kappa shape index (κ1) is 12.6. The van der Waals surface area contributed by atoms with Gasteiger partial charge in [0.1, 0.15) is 4.88 Å². The molecule has 6 nitrogen and oxygen atoms in total. The molecule has 16 heavy (non-hydrogen) atoms. The Balaban J connectivity index is 2.54. The predicted octanol–water partition coefficient (Wildman–Crippen LogP) is 0.911. The summed E-state index contributed by atoms with van der Waals surface area (Å²) in [5.41, 5.74) is 0. The average Bonchev–Trinajstić information content (AvgIpc) is 2.69. The number of carbonyl (C=O) groups is 2. The average molecular weight is 243 g/mol. The maximum atomic E-state index is 11.6. The Kier molecular flexibility index (Phi) is 4.84. The van der Waals surface area contributed by atoms with Crippen LogP contribution in [-0.4, -0.2) is 32.6 Å². The number of aliphatic carboxylic acids is 1. The van der Waals surface area contributed by atoms with Gasteiger partial charge in [-0.3, -0.25) is 9.59 Å². The lowest BCUT2D eigenvalue weighted by atomic mass is 10.1. The minimum Gasteiger partial charge on any atom is -0.481 e. The summed E-state index contributed by atoms with van der Waals surface area (Å²) in [6.45, 7) is 1.94. The molecular formula is C9H13N3O3S. The van der Waals surface area contributed by atoms with E-state index in [1.165, 1.54) is 6.20 Å². The molecular weight excluding hydrogens is 230 g/mol. The molecule has 1 heterocycles. The number of aromatic nitrogens is 2. The van der Waals surface area contributed by atoms with Gasteiger partial charge in [-0.05, 0) is 18.0 Å². The number of carboxylic acids is 1. The predicted molar refractivity (Wildman–Crippen MR) is 58.3 cm³/mol. The summed E-state index contributed by atoms with van der Waals surface area (Å²) in [5.74, 6) is -1.23. The van der Waals surface area contributed by atoms with Gasteiger partial charge in [-0.25, -0.2) is 0 Å². The van der Waals surface area contributed by atoms with Gasteiger partial charge in [0.15, 0.2) is 0 Å². The molecule has 1 atom stereocenters. The third kappa shape index (κ3) is 3.93. The topological polar surface area (TPSA) is 92.2 Å². The normalized spacial score (nSPS) is 12.1. The summed E-state index contributed by atoms with van der Waals surface area (Å²) in [7, 11) is 0. The molecule has 1 aromatic heterocycles. The lowest BCUT2D eigenvalue weighted by Crippen LogP contribution is -2.36. The summed E-state index contributed by atoms with van der Waals surface area (Å²) >= 11 is 0.989. The van der Waals surface area contributed by atoms with Crippen molar-refractivity contribution in [1.82, 2.24) is 14.9 Å². The molecule has 0 saturated heterocycles. The highest BCUT2D eigenvalue weighted by Gasteiger charge is 2.17. The summed E-state index contributed by atoms with van der Waals surface area (Å²) in [6.07, 6.45) is 2.76. The Morgan fingerprint density at radius 1 is 1.62 bits per heavy atom. The van der Waals surface area contributed by atoms with Crippen molar-refractivity contribution in [3.63, 3.8) is 0 Å². The molecule has 0 radical (unpaired) electrons. The molecule has 1 amide bonds. The van der Waals surface area contributed by atoms with Gasteiger partial charge < -0.3 is 10.4 Å². The van der Waals surface area contributed by atoms with E-state index in [0.29, 0.717) is 11.3 Å². The lowest BCUT2D eigenvalue weighted by Gasteiger charge is -2.14. The van der Waals surface area contributed by atoms with E-state index in [1.807, 2.05) is 6.92 Å². The van der Waals surface area contributed by atoms with Crippen molar-refractivity contribution in [2.45, 2.75) is 32.2 Å². The zero-order valence-electron chi connectivity index (χ0n) is 8.84. The van der Waals surface area contributed by atoms with Crippen LogP contribution >= 0.6 is 11.5 Å². The van der Waals surface area contributed by atoms with E-state index in [1.54, 1.807) is 0 Å². The van der Waals surface area contributed by atoms with Crippen LogP contribution in [0.1, 0.15) is 35.9 Å². The first-order valence-electron chi connectivity index (χ1n) is 4.93. The first-order valence-corrected chi connectivity index (χ1v) is 5.70. The fourth-order valence-electron chi connectivity index (χ4n) is 1.31.